The quantitative estimate of drug-likeness (QED) is 0.768. The highest BCUT2D eigenvalue weighted by Gasteiger charge is 2.34. The van der Waals surface area contributed by atoms with Crippen LogP contribution in [-0.2, 0) is 4.79 Å². The second-order valence-electron chi connectivity index (χ2n) is 9.05. The summed E-state index contributed by atoms with van der Waals surface area (Å²) in [6.07, 6.45) is 7.66. The van der Waals surface area contributed by atoms with Gasteiger partial charge in [0.2, 0.25) is 5.91 Å². The third kappa shape index (κ3) is 3.47. The lowest BCUT2D eigenvalue weighted by atomic mass is 9.85. The van der Waals surface area contributed by atoms with E-state index in [0.29, 0.717) is 30.3 Å². The first-order valence-corrected chi connectivity index (χ1v) is 11.0. The van der Waals surface area contributed by atoms with Crippen molar-refractivity contribution in [2.24, 2.45) is 0 Å². The summed E-state index contributed by atoms with van der Waals surface area (Å²) in [4.78, 5) is 18.9. The van der Waals surface area contributed by atoms with Crippen LogP contribution >= 0.6 is 0 Å². The van der Waals surface area contributed by atoms with Gasteiger partial charge in [0.15, 0.2) is 11.5 Å². The largest absolute Gasteiger partial charge is 0.352 e. The molecule has 5 rings (SSSR count). The van der Waals surface area contributed by atoms with Crippen molar-refractivity contribution in [3.05, 3.63) is 18.0 Å². The fourth-order valence-corrected chi connectivity index (χ4v) is 4.73. The molecule has 2 saturated heterocycles. The van der Waals surface area contributed by atoms with Gasteiger partial charge < -0.3 is 9.80 Å². The Morgan fingerprint density at radius 3 is 2.69 bits per heavy atom. The minimum Gasteiger partial charge on any atom is -0.352 e. The summed E-state index contributed by atoms with van der Waals surface area (Å²) in [5.74, 6) is 2.83. The lowest BCUT2D eigenvalue weighted by molar-refractivity contribution is -0.131. The third-order valence-electron chi connectivity index (χ3n) is 7.17. The number of likely N-dealkylation sites (N-methyl/N-ethyl adjacent to an activating group) is 2. The molecule has 4 heterocycles. The number of nitrogens with zero attached hydrogens (tertiary/aromatic N) is 7. The molecule has 3 aliphatic rings. The van der Waals surface area contributed by atoms with Crippen LogP contribution in [0.15, 0.2) is 12.1 Å². The first-order valence-electron chi connectivity index (χ1n) is 11.0. The average molecular weight is 398 g/mol. The van der Waals surface area contributed by atoms with E-state index in [1.165, 1.54) is 19.3 Å². The lowest BCUT2D eigenvalue weighted by Gasteiger charge is -2.46. The molecule has 0 spiro atoms. The van der Waals surface area contributed by atoms with E-state index in [0.717, 1.165) is 56.2 Å². The molecule has 1 aliphatic carbocycles. The molecule has 0 bridgehead atoms. The van der Waals surface area contributed by atoms with Crippen LogP contribution in [0.4, 0.5) is 5.82 Å². The summed E-state index contributed by atoms with van der Waals surface area (Å²) in [6.45, 7) is 2.89. The van der Waals surface area contributed by atoms with Crippen LogP contribution in [0.1, 0.15) is 56.7 Å². The predicted octanol–water partition coefficient (Wildman–Crippen LogP) is 1.91. The highest BCUT2D eigenvalue weighted by Crippen LogP contribution is 2.35. The number of carbonyl (C=O) groups is 1. The van der Waals surface area contributed by atoms with Gasteiger partial charge in [0.1, 0.15) is 5.82 Å². The zero-order valence-corrected chi connectivity index (χ0v) is 17.5. The molecule has 8 nitrogen and oxygen atoms in total. The number of hydrogen-bond donors (Lipinski definition) is 0. The van der Waals surface area contributed by atoms with Crippen molar-refractivity contribution in [2.75, 3.05) is 38.6 Å². The first kappa shape index (κ1) is 18.8. The molecule has 0 radical (unpaired) electrons. The number of fused-ring (bicyclic) bond motifs is 1. The molecule has 1 amide bonds. The van der Waals surface area contributed by atoms with Gasteiger partial charge in [-0.1, -0.05) is 12.8 Å². The van der Waals surface area contributed by atoms with Crippen molar-refractivity contribution < 1.29 is 4.79 Å². The summed E-state index contributed by atoms with van der Waals surface area (Å²) in [5.41, 5.74) is 0.839. The van der Waals surface area contributed by atoms with Crippen LogP contribution in [0.3, 0.4) is 0 Å². The second-order valence-corrected chi connectivity index (χ2v) is 9.05. The van der Waals surface area contributed by atoms with E-state index in [4.69, 9.17) is 5.10 Å². The van der Waals surface area contributed by atoms with E-state index in [-0.39, 0.29) is 0 Å². The summed E-state index contributed by atoms with van der Waals surface area (Å²) >= 11 is 0. The van der Waals surface area contributed by atoms with Crippen LogP contribution in [0, 0.1) is 0 Å². The maximum Gasteiger partial charge on any atom is 0.222 e. The Kier molecular flexibility index (Phi) is 4.89. The Morgan fingerprint density at radius 1 is 1.10 bits per heavy atom. The van der Waals surface area contributed by atoms with Gasteiger partial charge in [0, 0.05) is 51.1 Å². The van der Waals surface area contributed by atoms with E-state index in [9.17, 15) is 4.79 Å². The fraction of sp³-hybridized carbons (Fsp3) is 0.714. The maximum absolute atomic E-state index is 12.2. The van der Waals surface area contributed by atoms with E-state index in [2.05, 4.69) is 33.1 Å². The van der Waals surface area contributed by atoms with Crippen LogP contribution in [-0.4, -0.2) is 81.3 Å². The molecule has 29 heavy (non-hydrogen) atoms. The molecule has 0 aromatic carbocycles. The van der Waals surface area contributed by atoms with Crippen LogP contribution in [0.25, 0.3) is 5.65 Å². The van der Waals surface area contributed by atoms with Crippen LogP contribution < -0.4 is 4.90 Å². The van der Waals surface area contributed by atoms with Gasteiger partial charge in [0.05, 0.1) is 0 Å². The zero-order valence-electron chi connectivity index (χ0n) is 17.5. The zero-order chi connectivity index (χ0) is 20.0. The molecule has 1 atom stereocenters. The Hall–Kier alpha value is -2.22. The highest BCUT2D eigenvalue weighted by molar-refractivity contribution is 5.76. The number of carbonyl (C=O) groups excluding carboxylic acids is 1. The van der Waals surface area contributed by atoms with Gasteiger partial charge >= 0.3 is 0 Å². The van der Waals surface area contributed by atoms with Crippen LogP contribution in [0.5, 0.6) is 0 Å². The summed E-state index contributed by atoms with van der Waals surface area (Å²) in [5, 5.41) is 13.5. The molecule has 2 aromatic heterocycles. The smallest absolute Gasteiger partial charge is 0.222 e. The number of rotatable bonds is 5. The molecular weight excluding hydrogens is 366 g/mol. The third-order valence-corrected chi connectivity index (χ3v) is 7.17. The highest BCUT2D eigenvalue weighted by atomic mass is 16.2. The first-order chi connectivity index (χ1) is 14.1. The molecule has 3 fully saturated rings. The van der Waals surface area contributed by atoms with Crippen molar-refractivity contribution in [3.63, 3.8) is 0 Å². The molecule has 1 unspecified atom stereocenters. The lowest BCUT2D eigenvalue weighted by Crippen LogP contribution is -2.60. The second kappa shape index (κ2) is 7.55. The monoisotopic (exact) mass is 397 g/mol. The fourth-order valence-electron chi connectivity index (χ4n) is 4.73. The standard InChI is InChI=1S/C21H31N7O/c1-25(12-16-8-3-4-9-20(29)26(16)2)17-13-27(14-17)19-11-10-18-22-23-21(28(18)24-19)15-6-5-7-15/h10-11,15-17H,3-9,12-14H2,1-2H3. The summed E-state index contributed by atoms with van der Waals surface area (Å²) in [7, 11) is 4.16. The van der Waals surface area contributed by atoms with Gasteiger partial charge in [-0.3, -0.25) is 9.69 Å². The Bertz CT molecular complexity index is 886. The summed E-state index contributed by atoms with van der Waals surface area (Å²) in [6, 6.07) is 4.93. The normalized spacial score (nSPS) is 24.1. The number of anilines is 1. The van der Waals surface area contributed by atoms with Gasteiger partial charge in [-0.05, 0) is 44.9 Å². The van der Waals surface area contributed by atoms with E-state index in [1.807, 2.05) is 22.5 Å². The topological polar surface area (TPSA) is 69.9 Å². The van der Waals surface area contributed by atoms with E-state index >= 15 is 0 Å². The number of likely N-dealkylation sites (tertiary alicyclic amines) is 1. The van der Waals surface area contributed by atoms with Crippen molar-refractivity contribution in [1.82, 2.24) is 29.6 Å². The van der Waals surface area contributed by atoms with E-state index in [1.54, 1.807) is 0 Å². The van der Waals surface area contributed by atoms with Gasteiger partial charge in [-0.15, -0.1) is 15.3 Å². The molecule has 2 aromatic rings. The maximum atomic E-state index is 12.2. The molecule has 156 valence electrons. The van der Waals surface area contributed by atoms with Crippen LogP contribution in [0.2, 0.25) is 0 Å². The van der Waals surface area contributed by atoms with E-state index < -0.39 is 0 Å². The van der Waals surface area contributed by atoms with Crippen molar-refractivity contribution in [3.8, 4) is 0 Å². The minimum absolute atomic E-state index is 0.296. The van der Waals surface area contributed by atoms with Gasteiger partial charge in [0.25, 0.3) is 0 Å². The van der Waals surface area contributed by atoms with Gasteiger partial charge in [-0.2, -0.15) is 4.52 Å². The average Bonchev–Trinajstić information content (AvgIpc) is 2.96. The number of aromatic nitrogens is 4. The van der Waals surface area contributed by atoms with Gasteiger partial charge in [-0.25, -0.2) is 0 Å². The Balaban J connectivity index is 1.21. The molecule has 2 aliphatic heterocycles. The SMILES string of the molecule is CN(CC1CCCCC(=O)N1C)C1CN(c2ccc3nnc(C4CCC4)n3n2)C1. The molecule has 1 saturated carbocycles. The van der Waals surface area contributed by atoms with Crippen molar-refractivity contribution in [1.29, 1.82) is 0 Å². The number of hydrogen-bond acceptors (Lipinski definition) is 6. The summed E-state index contributed by atoms with van der Waals surface area (Å²) < 4.78 is 1.95. The number of amides is 1. The molecule has 0 N–H and O–H groups in total. The Labute approximate surface area is 171 Å². The Morgan fingerprint density at radius 2 is 1.93 bits per heavy atom. The van der Waals surface area contributed by atoms with Crippen molar-refractivity contribution >= 4 is 17.4 Å². The molecule has 8 heteroatoms. The predicted molar refractivity (Wildman–Crippen MR) is 111 cm³/mol. The molecular formula is C21H31N7O. The van der Waals surface area contributed by atoms with Crippen molar-refractivity contribution in [2.45, 2.75) is 62.9 Å². The minimum atomic E-state index is 0.296.